The minimum Gasteiger partial charge on any atom is -0.325 e. The Kier molecular flexibility index (Phi) is 3.98. The smallest absolute Gasteiger partial charge is 0.234 e. The number of nitrogens with zero attached hydrogens (tertiary/aromatic N) is 4. The first-order valence-corrected chi connectivity index (χ1v) is 7.96. The number of hydrogen-bond donors (Lipinski definition) is 1. The molecule has 0 aliphatic rings. The van der Waals surface area contributed by atoms with Crippen LogP contribution in [0.3, 0.4) is 0 Å². The highest BCUT2D eigenvalue weighted by Crippen LogP contribution is 2.21. The Morgan fingerprint density at radius 1 is 1.38 bits per heavy atom. The molecule has 0 radical (unpaired) electrons. The van der Waals surface area contributed by atoms with Crippen molar-refractivity contribution < 1.29 is 4.79 Å². The highest BCUT2D eigenvalue weighted by molar-refractivity contribution is 9.10. The molecule has 1 aromatic carbocycles. The van der Waals surface area contributed by atoms with Gasteiger partial charge in [0.15, 0.2) is 5.82 Å². The lowest BCUT2D eigenvalue weighted by Gasteiger charge is -2.06. The van der Waals surface area contributed by atoms with Crippen molar-refractivity contribution in [1.29, 1.82) is 0 Å². The van der Waals surface area contributed by atoms with Crippen molar-refractivity contribution in [2.24, 2.45) is 0 Å². The average Bonchev–Trinajstić information content (AvgIpc) is 3.02. The first kappa shape index (κ1) is 14.2. The maximum Gasteiger partial charge on any atom is 0.234 e. The van der Waals surface area contributed by atoms with Crippen LogP contribution in [0.25, 0.3) is 4.96 Å². The van der Waals surface area contributed by atoms with Crippen molar-refractivity contribution in [2.45, 2.75) is 19.8 Å². The van der Waals surface area contributed by atoms with Gasteiger partial charge >= 0.3 is 0 Å². The number of para-hydroxylation sites is 1. The van der Waals surface area contributed by atoms with Gasteiger partial charge in [-0.05, 0) is 35.0 Å². The molecule has 0 saturated carbocycles. The lowest BCUT2D eigenvalue weighted by atomic mass is 10.2. The molecule has 0 fully saturated rings. The Labute approximate surface area is 133 Å². The second kappa shape index (κ2) is 5.90. The molecule has 6 nitrogen and oxygen atoms in total. The highest BCUT2D eigenvalue weighted by Gasteiger charge is 2.11. The number of hydrogen-bond acceptors (Lipinski definition) is 5. The fourth-order valence-electron chi connectivity index (χ4n) is 1.85. The van der Waals surface area contributed by atoms with Gasteiger partial charge in [0.05, 0.1) is 5.69 Å². The van der Waals surface area contributed by atoms with Crippen LogP contribution in [0.15, 0.2) is 28.7 Å². The van der Waals surface area contributed by atoms with E-state index >= 15 is 0 Å². The van der Waals surface area contributed by atoms with Crippen LogP contribution < -0.4 is 5.32 Å². The predicted molar refractivity (Wildman–Crippen MR) is 84.5 cm³/mol. The zero-order valence-corrected chi connectivity index (χ0v) is 13.6. The molecule has 108 valence electrons. The van der Waals surface area contributed by atoms with E-state index in [2.05, 4.69) is 36.5 Å². The number of aryl methyl sites for hydroxylation is 2. The summed E-state index contributed by atoms with van der Waals surface area (Å²) < 4.78 is 2.57. The number of rotatable bonds is 4. The number of halogens is 1. The van der Waals surface area contributed by atoms with Crippen LogP contribution in [0.4, 0.5) is 5.69 Å². The molecule has 0 unspecified atom stereocenters. The molecule has 2 aromatic heterocycles. The summed E-state index contributed by atoms with van der Waals surface area (Å²) in [5, 5.41) is 16.1. The van der Waals surface area contributed by atoms with Gasteiger partial charge in [0, 0.05) is 17.3 Å². The van der Waals surface area contributed by atoms with Crippen LogP contribution in [-0.2, 0) is 11.2 Å². The third-order valence-electron chi connectivity index (χ3n) is 2.90. The maximum atomic E-state index is 12.0. The van der Waals surface area contributed by atoms with Crippen molar-refractivity contribution in [3.05, 3.63) is 39.6 Å². The van der Waals surface area contributed by atoms with Crippen molar-refractivity contribution >= 4 is 43.8 Å². The van der Waals surface area contributed by atoms with E-state index in [4.69, 9.17) is 0 Å². The quantitative estimate of drug-likeness (QED) is 0.771. The first-order chi connectivity index (χ1) is 10.1. The SMILES string of the molecule is Cc1nnc2sc(CCC(=O)Nc3ccccc3Br)nn12. The fraction of sp³-hybridized carbons (Fsp3) is 0.231. The number of carbonyl (C=O) groups excluding carboxylic acids is 1. The predicted octanol–water partition coefficient (Wildman–Crippen LogP) is 2.83. The van der Waals surface area contributed by atoms with Gasteiger partial charge in [0.1, 0.15) is 5.01 Å². The molecule has 0 aliphatic heterocycles. The largest absolute Gasteiger partial charge is 0.325 e. The van der Waals surface area contributed by atoms with Crippen molar-refractivity contribution in [2.75, 3.05) is 5.32 Å². The van der Waals surface area contributed by atoms with E-state index in [0.717, 1.165) is 26.0 Å². The lowest BCUT2D eigenvalue weighted by Crippen LogP contribution is -2.12. The van der Waals surface area contributed by atoms with Gasteiger partial charge in [-0.25, -0.2) is 0 Å². The van der Waals surface area contributed by atoms with Gasteiger partial charge in [-0.15, -0.1) is 10.2 Å². The number of nitrogens with one attached hydrogen (secondary N) is 1. The highest BCUT2D eigenvalue weighted by atomic mass is 79.9. The molecular formula is C13H12BrN5OS. The van der Waals surface area contributed by atoms with Crippen molar-refractivity contribution in [3.63, 3.8) is 0 Å². The number of anilines is 1. The van der Waals surface area contributed by atoms with E-state index in [1.807, 2.05) is 31.2 Å². The van der Waals surface area contributed by atoms with Gasteiger partial charge < -0.3 is 5.32 Å². The molecule has 1 N–H and O–H groups in total. The second-order valence-corrected chi connectivity index (χ2v) is 6.36. The molecule has 3 rings (SSSR count). The van der Waals surface area contributed by atoms with Crippen molar-refractivity contribution in [1.82, 2.24) is 19.8 Å². The molecule has 1 amide bonds. The van der Waals surface area contributed by atoms with E-state index in [-0.39, 0.29) is 5.91 Å². The number of amides is 1. The van der Waals surface area contributed by atoms with Gasteiger partial charge in [-0.1, -0.05) is 23.5 Å². The summed E-state index contributed by atoms with van der Waals surface area (Å²) in [6.45, 7) is 1.85. The number of benzene rings is 1. The van der Waals surface area contributed by atoms with Gasteiger partial charge in [-0.3, -0.25) is 4.79 Å². The van der Waals surface area contributed by atoms with E-state index in [0.29, 0.717) is 12.8 Å². The molecule has 3 aromatic rings. The Morgan fingerprint density at radius 3 is 2.95 bits per heavy atom. The molecule has 2 heterocycles. The first-order valence-electron chi connectivity index (χ1n) is 6.35. The molecular weight excluding hydrogens is 354 g/mol. The van der Waals surface area contributed by atoms with Crippen LogP contribution in [0.5, 0.6) is 0 Å². The molecule has 8 heteroatoms. The summed E-state index contributed by atoms with van der Waals surface area (Å²) in [5.74, 6) is 0.717. The van der Waals surface area contributed by atoms with Gasteiger partial charge in [0.25, 0.3) is 0 Å². The van der Waals surface area contributed by atoms with E-state index in [1.54, 1.807) is 4.52 Å². The summed E-state index contributed by atoms with van der Waals surface area (Å²) >= 11 is 4.86. The average molecular weight is 366 g/mol. The minimum absolute atomic E-state index is 0.0374. The molecule has 0 spiro atoms. The zero-order valence-electron chi connectivity index (χ0n) is 11.2. The Morgan fingerprint density at radius 2 is 2.19 bits per heavy atom. The summed E-state index contributed by atoms with van der Waals surface area (Å²) in [4.78, 5) is 12.7. The molecule has 0 aliphatic carbocycles. The molecule has 0 atom stereocenters. The maximum absolute atomic E-state index is 12.0. The van der Waals surface area contributed by atoms with Crippen molar-refractivity contribution in [3.8, 4) is 0 Å². The topological polar surface area (TPSA) is 72.2 Å². The standard InChI is InChI=1S/C13H12BrN5OS/c1-8-16-17-13-19(8)18-12(21-13)7-6-11(20)15-10-5-3-2-4-9(10)14/h2-5H,6-7H2,1H3,(H,15,20). The normalized spacial score (nSPS) is 11.0. The van der Waals surface area contributed by atoms with Crippen LogP contribution in [0.2, 0.25) is 0 Å². The summed E-state index contributed by atoms with van der Waals surface area (Å²) in [7, 11) is 0. The number of fused-ring (bicyclic) bond motifs is 1. The Balaban J connectivity index is 1.62. The van der Waals surface area contributed by atoms with E-state index < -0.39 is 0 Å². The fourth-order valence-corrected chi connectivity index (χ4v) is 3.11. The molecule has 0 saturated heterocycles. The van der Waals surface area contributed by atoms with E-state index in [1.165, 1.54) is 11.3 Å². The number of carbonyl (C=O) groups is 1. The monoisotopic (exact) mass is 365 g/mol. The third kappa shape index (κ3) is 3.11. The van der Waals surface area contributed by atoms with Crippen LogP contribution in [-0.4, -0.2) is 25.7 Å². The summed E-state index contributed by atoms with van der Waals surface area (Å²) in [5.41, 5.74) is 0.775. The zero-order chi connectivity index (χ0) is 14.8. The molecule has 0 bridgehead atoms. The lowest BCUT2D eigenvalue weighted by molar-refractivity contribution is -0.116. The van der Waals surface area contributed by atoms with Gasteiger partial charge in [0.2, 0.25) is 10.9 Å². The van der Waals surface area contributed by atoms with E-state index in [9.17, 15) is 4.79 Å². The Bertz CT molecular complexity index is 797. The van der Waals surface area contributed by atoms with Crippen LogP contribution in [0, 0.1) is 6.92 Å². The van der Waals surface area contributed by atoms with Gasteiger partial charge in [-0.2, -0.15) is 9.61 Å². The number of aromatic nitrogens is 4. The summed E-state index contributed by atoms with van der Waals surface area (Å²) in [6.07, 6.45) is 0.966. The summed E-state index contributed by atoms with van der Waals surface area (Å²) in [6, 6.07) is 7.53. The molecule has 21 heavy (non-hydrogen) atoms. The third-order valence-corrected chi connectivity index (χ3v) is 4.55. The minimum atomic E-state index is -0.0374. The van der Waals surface area contributed by atoms with Crippen LogP contribution >= 0.6 is 27.3 Å². The second-order valence-electron chi connectivity index (χ2n) is 4.47. The Hall–Kier alpha value is -1.80. The van der Waals surface area contributed by atoms with Crippen LogP contribution in [0.1, 0.15) is 17.3 Å².